The number of nitrogens with zero attached hydrogens (tertiary/aromatic N) is 9. The largest absolute Gasteiger partial charge is 0.494 e. The Labute approximate surface area is 197 Å². The molecule has 0 spiro atoms. The number of ether oxygens (including phenoxy) is 2. The number of anilines is 1. The summed E-state index contributed by atoms with van der Waals surface area (Å²) in [6, 6.07) is 5.06. The van der Waals surface area contributed by atoms with Crippen molar-refractivity contribution >= 4 is 28.0 Å². The van der Waals surface area contributed by atoms with Gasteiger partial charge >= 0.3 is 0 Å². The summed E-state index contributed by atoms with van der Waals surface area (Å²) in [6.07, 6.45) is 3.38. The van der Waals surface area contributed by atoms with E-state index in [0.29, 0.717) is 65.8 Å². The van der Waals surface area contributed by atoms with Crippen molar-refractivity contribution in [3.63, 3.8) is 0 Å². The molecule has 0 N–H and O–H groups in total. The second-order valence-electron chi connectivity index (χ2n) is 7.76. The normalized spacial score (nSPS) is 14.3. The summed E-state index contributed by atoms with van der Waals surface area (Å²) in [6.45, 7) is 2.18. The summed E-state index contributed by atoms with van der Waals surface area (Å²) in [5.74, 6) is 0.465. The van der Waals surface area contributed by atoms with E-state index in [0.717, 1.165) is 0 Å². The van der Waals surface area contributed by atoms with E-state index in [1.807, 2.05) is 4.90 Å². The first-order valence-electron chi connectivity index (χ1n) is 10.8. The number of alkyl halides is 2. The number of imidazole rings is 2. The third-order valence-corrected chi connectivity index (χ3v) is 5.79. The molecule has 0 aliphatic carbocycles. The van der Waals surface area contributed by atoms with E-state index >= 15 is 0 Å². The molecule has 0 unspecified atom stereocenters. The van der Waals surface area contributed by atoms with Gasteiger partial charge in [-0.15, -0.1) is 0 Å². The molecule has 35 heavy (non-hydrogen) atoms. The van der Waals surface area contributed by atoms with Crippen molar-refractivity contribution in [2.75, 3.05) is 38.3 Å². The maximum atomic E-state index is 14.2. The average Bonchev–Trinajstić information content (AvgIpc) is 3.51. The van der Waals surface area contributed by atoms with Crippen LogP contribution in [-0.2, 0) is 4.74 Å². The fourth-order valence-corrected chi connectivity index (χ4v) is 4.19. The smallest absolute Gasteiger partial charge is 0.296 e. The molecule has 1 fully saturated rings. The third-order valence-electron chi connectivity index (χ3n) is 5.79. The highest BCUT2D eigenvalue weighted by Crippen LogP contribution is 2.33. The molecule has 1 saturated heterocycles. The second kappa shape index (κ2) is 8.51. The van der Waals surface area contributed by atoms with Gasteiger partial charge in [0.1, 0.15) is 23.9 Å². The molecule has 11 nitrogen and oxygen atoms in total. The minimum Gasteiger partial charge on any atom is -0.494 e. The van der Waals surface area contributed by atoms with Gasteiger partial charge in [0.05, 0.1) is 43.9 Å². The Bertz CT molecular complexity index is 1510. The maximum Gasteiger partial charge on any atom is 0.296 e. The van der Waals surface area contributed by atoms with Gasteiger partial charge in [-0.1, -0.05) is 6.07 Å². The molecule has 5 aromatic rings. The van der Waals surface area contributed by atoms with Gasteiger partial charge in [0.25, 0.3) is 6.43 Å². The van der Waals surface area contributed by atoms with Gasteiger partial charge in [0, 0.05) is 13.1 Å². The predicted molar refractivity (Wildman–Crippen MR) is 121 cm³/mol. The Balaban J connectivity index is 1.66. The van der Waals surface area contributed by atoms with Gasteiger partial charge in [-0.05, 0) is 12.1 Å². The molecule has 13 heteroatoms. The quantitative estimate of drug-likeness (QED) is 0.376. The van der Waals surface area contributed by atoms with E-state index < -0.39 is 12.2 Å². The zero-order valence-corrected chi connectivity index (χ0v) is 18.5. The summed E-state index contributed by atoms with van der Waals surface area (Å²) < 4.78 is 42.2. The average molecular weight is 479 g/mol. The first kappa shape index (κ1) is 21.3. The van der Waals surface area contributed by atoms with Crippen molar-refractivity contribution in [3.8, 4) is 17.4 Å². The Hall–Kier alpha value is -4.26. The van der Waals surface area contributed by atoms with E-state index in [1.54, 1.807) is 41.5 Å². The first-order chi connectivity index (χ1) is 17.2. The number of para-hydroxylation sites is 1. The molecule has 0 bridgehead atoms. The van der Waals surface area contributed by atoms with Gasteiger partial charge in [-0.2, -0.15) is 9.97 Å². The standard InChI is InChI=1S/C22H19F2N9O2/c1-34-15-4-2-3-14-16(15)28-21(18(23)24)33(14)22-29-19(31-5-7-35-8-6-31)17-20(30-22)32(12-27-17)13-9-25-11-26-10-13/h2-4,9-12,18H,5-8H2,1H3. The lowest BCUT2D eigenvalue weighted by Gasteiger charge is -2.28. The Morgan fingerprint density at radius 2 is 1.83 bits per heavy atom. The molecule has 0 radical (unpaired) electrons. The predicted octanol–water partition coefficient (Wildman–Crippen LogP) is 2.73. The molecule has 4 aromatic heterocycles. The number of morpholine rings is 1. The van der Waals surface area contributed by atoms with Crippen molar-refractivity contribution < 1.29 is 18.3 Å². The van der Waals surface area contributed by atoms with E-state index in [9.17, 15) is 8.78 Å². The lowest BCUT2D eigenvalue weighted by atomic mass is 10.3. The molecular formula is C22H19F2N9O2. The molecule has 6 rings (SSSR count). The zero-order chi connectivity index (χ0) is 23.9. The molecule has 0 saturated carbocycles. The Morgan fingerprint density at radius 1 is 1.03 bits per heavy atom. The number of benzene rings is 1. The number of hydrogen-bond donors (Lipinski definition) is 0. The fraction of sp³-hybridized carbons (Fsp3) is 0.273. The topological polar surface area (TPSA) is 109 Å². The summed E-state index contributed by atoms with van der Waals surface area (Å²) in [5.41, 5.74) is 2.28. The van der Waals surface area contributed by atoms with Crippen LogP contribution in [0.4, 0.5) is 14.6 Å². The molecule has 0 atom stereocenters. The van der Waals surface area contributed by atoms with E-state index in [4.69, 9.17) is 14.5 Å². The molecule has 1 aromatic carbocycles. The molecule has 1 aliphatic heterocycles. The van der Waals surface area contributed by atoms with Gasteiger partial charge < -0.3 is 14.4 Å². The van der Waals surface area contributed by atoms with Crippen molar-refractivity contribution in [2.45, 2.75) is 6.43 Å². The minimum absolute atomic E-state index is 0.0450. The molecule has 1 aliphatic rings. The molecule has 178 valence electrons. The van der Waals surface area contributed by atoms with E-state index in [-0.39, 0.29) is 5.95 Å². The highest BCUT2D eigenvalue weighted by molar-refractivity contribution is 5.87. The van der Waals surface area contributed by atoms with Crippen LogP contribution in [0.3, 0.4) is 0 Å². The number of halogens is 2. The fourth-order valence-electron chi connectivity index (χ4n) is 4.19. The number of aromatic nitrogens is 8. The highest BCUT2D eigenvalue weighted by Gasteiger charge is 2.27. The van der Waals surface area contributed by atoms with Crippen LogP contribution >= 0.6 is 0 Å². The van der Waals surface area contributed by atoms with Crippen LogP contribution in [0.1, 0.15) is 12.2 Å². The van der Waals surface area contributed by atoms with E-state index in [2.05, 4.69) is 24.9 Å². The first-order valence-corrected chi connectivity index (χ1v) is 10.8. The van der Waals surface area contributed by atoms with Crippen LogP contribution < -0.4 is 9.64 Å². The lowest BCUT2D eigenvalue weighted by molar-refractivity contribution is 0.122. The van der Waals surface area contributed by atoms with Gasteiger partial charge in [-0.25, -0.2) is 28.7 Å². The van der Waals surface area contributed by atoms with Crippen LogP contribution in [0.15, 0.2) is 43.2 Å². The molecule has 5 heterocycles. The van der Waals surface area contributed by atoms with Crippen molar-refractivity contribution in [1.82, 2.24) is 39.0 Å². The van der Waals surface area contributed by atoms with Crippen LogP contribution in [-0.4, -0.2) is 72.5 Å². The zero-order valence-electron chi connectivity index (χ0n) is 18.5. The number of hydrogen-bond acceptors (Lipinski definition) is 9. The lowest BCUT2D eigenvalue weighted by Crippen LogP contribution is -2.37. The van der Waals surface area contributed by atoms with Crippen molar-refractivity contribution in [3.05, 3.63) is 49.1 Å². The molecular weight excluding hydrogens is 460 g/mol. The number of rotatable bonds is 5. The number of fused-ring (bicyclic) bond motifs is 2. The van der Waals surface area contributed by atoms with Gasteiger partial charge in [0.15, 0.2) is 22.8 Å². The number of methoxy groups -OCH3 is 1. The SMILES string of the molecule is COc1cccc2c1nc(C(F)F)n2-c1nc(N2CCOCC2)c2ncn(-c3cncnc3)c2n1. The van der Waals surface area contributed by atoms with Crippen molar-refractivity contribution in [2.24, 2.45) is 0 Å². The van der Waals surface area contributed by atoms with Crippen molar-refractivity contribution in [1.29, 1.82) is 0 Å². The van der Waals surface area contributed by atoms with Gasteiger partial charge in [0.2, 0.25) is 5.95 Å². The van der Waals surface area contributed by atoms with Crippen LogP contribution in [0.25, 0.3) is 33.8 Å². The summed E-state index contributed by atoms with van der Waals surface area (Å²) in [5, 5.41) is 0. The summed E-state index contributed by atoms with van der Waals surface area (Å²) in [7, 11) is 1.47. The minimum atomic E-state index is -2.87. The van der Waals surface area contributed by atoms with Crippen LogP contribution in [0, 0.1) is 0 Å². The van der Waals surface area contributed by atoms with E-state index in [1.165, 1.54) is 18.0 Å². The monoisotopic (exact) mass is 479 g/mol. The molecule has 0 amide bonds. The second-order valence-corrected chi connectivity index (χ2v) is 7.76. The van der Waals surface area contributed by atoms with Gasteiger partial charge in [-0.3, -0.25) is 9.13 Å². The Morgan fingerprint density at radius 3 is 2.57 bits per heavy atom. The van der Waals surface area contributed by atoms with Crippen LogP contribution in [0.5, 0.6) is 5.75 Å². The Kier molecular flexibility index (Phi) is 5.17. The summed E-state index contributed by atoms with van der Waals surface area (Å²) in [4.78, 5) is 28.3. The summed E-state index contributed by atoms with van der Waals surface area (Å²) >= 11 is 0. The van der Waals surface area contributed by atoms with Crippen LogP contribution in [0.2, 0.25) is 0 Å². The third kappa shape index (κ3) is 3.51. The maximum absolute atomic E-state index is 14.2. The highest BCUT2D eigenvalue weighted by atomic mass is 19.3.